The van der Waals surface area contributed by atoms with E-state index in [1.54, 1.807) is 0 Å². The maximum Gasteiger partial charge on any atom is 0.224 e. The van der Waals surface area contributed by atoms with Crippen molar-refractivity contribution >= 4 is 11.6 Å². The fourth-order valence-electron chi connectivity index (χ4n) is 2.76. The summed E-state index contributed by atoms with van der Waals surface area (Å²) >= 11 is 0. The van der Waals surface area contributed by atoms with Crippen molar-refractivity contribution in [3.63, 3.8) is 0 Å². The van der Waals surface area contributed by atoms with Crippen molar-refractivity contribution in [2.45, 2.75) is 31.7 Å². The first kappa shape index (κ1) is 15.6. The van der Waals surface area contributed by atoms with Crippen LogP contribution in [0.3, 0.4) is 0 Å². The van der Waals surface area contributed by atoms with Gasteiger partial charge in [-0.3, -0.25) is 4.79 Å². The second-order valence-corrected chi connectivity index (χ2v) is 5.82. The van der Waals surface area contributed by atoms with Crippen LogP contribution in [0.5, 0.6) is 11.5 Å². The van der Waals surface area contributed by atoms with Crippen molar-refractivity contribution in [3.8, 4) is 11.5 Å². The molecule has 2 N–H and O–H groups in total. The normalized spacial score (nSPS) is 17.0. The predicted molar refractivity (Wildman–Crippen MR) is 91.8 cm³/mol. The zero-order valence-electron chi connectivity index (χ0n) is 13.1. The lowest BCUT2D eigenvalue weighted by atomic mass is 10.1. The molecule has 1 saturated heterocycles. The minimum absolute atomic E-state index is 0.0652. The first-order valence-electron chi connectivity index (χ1n) is 8.16. The summed E-state index contributed by atoms with van der Waals surface area (Å²) in [5, 5.41) is 6.34. The molecule has 0 saturated carbocycles. The van der Waals surface area contributed by atoms with Crippen LogP contribution in [0.1, 0.15) is 25.7 Å². The highest BCUT2D eigenvalue weighted by Gasteiger charge is 2.15. The number of ether oxygens (including phenoxy) is 1. The summed E-state index contributed by atoms with van der Waals surface area (Å²) < 4.78 is 5.73. The van der Waals surface area contributed by atoms with Gasteiger partial charge in [0.2, 0.25) is 5.91 Å². The Labute approximate surface area is 136 Å². The molecule has 0 spiro atoms. The van der Waals surface area contributed by atoms with Crippen LogP contribution in [0, 0.1) is 0 Å². The third kappa shape index (κ3) is 4.83. The van der Waals surface area contributed by atoms with Crippen LogP contribution in [0.15, 0.2) is 54.6 Å². The van der Waals surface area contributed by atoms with E-state index in [9.17, 15) is 4.79 Å². The van der Waals surface area contributed by atoms with Gasteiger partial charge >= 0.3 is 0 Å². The summed E-state index contributed by atoms with van der Waals surface area (Å²) in [6.07, 6.45) is 3.86. The molecule has 4 heteroatoms. The van der Waals surface area contributed by atoms with Gasteiger partial charge in [0.05, 0.1) is 0 Å². The number of rotatable bonds is 6. The molecule has 1 heterocycles. The number of carbonyl (C=O) groups excluding carboxylic acids is 1. The average Bonchev–Trinajstić information content (AvgIpc) is 3.09. The highest BCUT2D eigenvalue weighted by Crippen LogP contribution is 2.22. The van der Waals surface area contributed by atoms with Crippen LogP contribution in [0.2, 0.25) is 0 Å². The first-order chi connectivity index (χ1) is 11.3. The standard InChI is InChI=1S/C19H22N2O2/c22-19(13-10-15-5-4-14-20-15)21-16-8-11-18(12-9-16)23-17-6-2-1-3-7-17/h1-3,6-9,11-12,15,20H,4-5,10,13-14H2,(H,21,22). The minimum Gasteiger partial charge on any atom is -0.457 e. The summed E-state index contributed by atoms with van der Waals surface area (Å²) in [5.74, 6) is 1.62. The minimum atomic E-state index is 0.0652. The van der Waals surface area contributed by atoms with E-state index in [4.69, 9.17) is 4.74 Å². The number of amides is 1. The lowest BCUT2D eigenvalue weighted by molar-refractivity contribution is -0.116. The molecule has 1 unspecified atom stereocenters. The summed E-state index contributed by atoms with van der Waals surface area (Å²) in [5.41, 5.74) is 0.801. The molecule has 0 bridgehead atoms. The first-order valence-corrected chi connectivity index (χ1v) is 8.16. The largest absolute Gasteiger partial charge is 0.457 e. The Bertz CT molecular complexity index is 620. The fraction of sp³-hybridized carbons (Fsp3) is 0.316. The Morgan fingerprint density at radius 3 is 2.52 bits per heavy atom. The number of benzene rings is 2. The van der Waals surface area contributed by atoms with Gasteiger partial charge in [0.15, 0.2) is 0 Å². The molecule has 0 radical (unpaired) electrons. The topological polar surface area (TPSA) is 50.4 Å². The second-order valence-electron chi connectivity index (χ2n) is 5.82. The lowest BCUT2D eigenvalue weighted by Gasteiger charge is -2.10. The van der Waals surface area contributed by atoms with E-state index < -0.39 is 0 Å². The van der Waals surface area contributed by atoms with Gasteiger partial charge in [0.1, 0.15) is 11.5 Å². The predicted octanol–water partition coefficient (Wildman–Crippen LogP) is 3.95. The van der Waals surface area contributed by atoms with E-state index in [1.807, 2.05) is 54.6 Å². The highest BCUT2D eigenvalue weighted by atomic mass is 16.5. The van der Waals surface area contributed by atoms with Crippen LogP contribution in [0.4, 0.5) is 5.69 Å². The number of nitrogens with one attached hydrogen (secondary N) is 2. The van der Waals surface area contributed by atoms with E-state index >= 15 is 0 Å². The number of para-hydroxylation sites is 1. The molecule has 23 heavy (non-hydrogen) atoms. The Morgan fingerprint density at radius 1 is 1.09 bits per heavy atom. The van der Waals surface area contributed by atoms with Crippen LogP contribution >= 0.6 is 0 Å². The smallest absolute Gasteiger partial charge is 0.224 e. The molecule has 120 valence electrons. The molecule has 1 aliphatic heterocycles. The molecular weight excluding hydrogens is 288 g/mol. The van der Waals surface area contributed by atoms with Crippen molar-refractivity contribution in [1.29, 1.82) is 0 Å². The third-order valence-electron chi connectivity index (χ3n) is 4.00. The molecule has 1 amide bonds. The van der Waals surface area contributed by atoms with Gasteiger partial charge in [-0.2, -0.15) is 0 Å². The Morgan fingerprint density at radius 2 is 1.83 bits per heavy atom. The number of hydrogen-bond acceptors (Lipinski definition) is 3. The maximum absolute atomic E-state index is 12.0. The SMILES string of the molecule is O=C(CCC1CCCN1)Nc1ccc(Oc2ccccc2)cc1. The summed E-state index contributed by atoms with van der Waals surface area (Å²) in [7, 11) is 0. The van der Waals surface area contributed by atoms with Crippen LogP contribution < -0.4 is 15.4 Å². The molecule has 1 fully saturated rings. The van der Waals surface area contributed by atoms with Gasteiger partial charge < -0.3 is 15.4 Å². The van der Waals surface area contributed by atoms with E-state index in [0.29, 0.717) is 12.5 Å². The van der Waals surface area contributed by atoms with Gasteiger partial charge in [-0.25, -0.2) is 0 Å². The summed E-state index contributed by atoms with van der Waals surface area (Å²) in [6.45, 7) is 1.08. The molecule has 0 aliphatic carbocycles. The average molecular weight is 310 g/mol. The second kappa shape index (κ2) is 7.79. The Hall–Kier alpha value is -2.33. The summed E-state index contributed by atoms with van der Waals surface area (Å²) in [6, 6.07) is 17.6. The van der Waals surface area contributed by atoms with E-state index in [2.05, 4.69) is 10.6 Å². The van der Waals surface area contributed by atoms with E-state index in [1.165, 1.54) is 12.8 Å². The molecule has 2 aromatic rings. The van der Waals surface area contributed by atoms with Gasteiger partial charge in [-0.15, -0.1) is 0 Å². The highest BCUT2D eigenvalue weighted by molar-refractivity contribution is 5.90. The van der Waals surface area contributed by atoms with Crippen molar-refractivity contribution in [2.75, 3.05) is 11.9 Å². The molecule has 3 rings (SSSR count). The molecule has 1 atom stereocenters. The maximum atomic E-state index is 12.0. The van der Waals surface area contributed by atoms with Gasteiger partial charge in [0, 0.05) is 18.2 Å². The number of anilines is 1. The molecule has 1 aliphatic rings. The number of carbonyl (C=O) groups is 1. The molecule has 0 aromatic heterocycles. The third-order valence-corrected chi connectivity index (χ3v) is 4.00. The van der Waals surface area contributed by atoms with Crippen molar-refractivity contribution in [1.82, 2.24) is 5.32 Å². The monoisotopic (exact) mass is 310 g/mol. The van der Waals surface area contributed by atoms with Crippen LogP contribution in [-0.2, 0) is 4.79 Å². The quantitative estimate of drug-likeness (QED) is 0.849. The zero-order chi connectivity index (χ0) is 15.9. The van der Waals surface area contributed by atoms with E-state index in [-0.39, 0.29) is 5.91 Å². The van der Waals surface area contributed by atoms with Crippen LogP contribution in [0.25, 0.3) is 0 Å². The van der Waals surface area contributed by atoms with Crippen LogP contribution in [-0.4, -0.2) is 18.5 Å². The Balaban J connectivity index is 1.47. The van der Waals surface area contributed by atoms with Gasteiger partial charge in [-0.05, 0) is 62.2 Å². The number of hydrogen-bond donors (Lipinski definition) is 2. The Kier molecular flexibility index (Phi) is 5.27. The molecule has 2 aromatic carbocycles. The van der Waals surface area contributed by atoms with Crippen molar-refractivity contribution in [3.05, 3.63) is 54.6 Å². The van der Waals surface area contributed by atoms with Gasteiger partial charge in [0.25, 0.3) is 0 Å². The molecule has 4 nitrogen and oxygen atoms in total. The van der Waals surface area contributed by atoms with Gasteiger partial charge in [-0.1, -0.05) is 18.2 Å². The fourth-order valence-corrected chi connectivity index (χ4v) is 2.76. The molecular formula is C19H22N2O2. The summed E-state index contributed by atoms with van der Waals surface area (Å²) in [4.78, 5) is 12.0. The van der Waals surface area contributed by atoms with Crippen molar-refractivity contribution in [2.24, 2.45) is 0 Å². The zero-order valence-corrected chi connectivity index (χ0v) is 13.1. The van der Waals surface area contributed by atoms with E-state index in [0.717, 1.165) is 30.2 Å². The lowest BCUT2D eigenvalue weighted by Crippen LogP contribution is -2.23. The van der Waals surface area contributed by atoms with Crippen molar-refractivity contribution < 1.29 is 9.53 Å².